The van der Waals surface area contributed by atoms with Crippen LogP contribution in [0.1, 0.15) is 19.8 Å². The van der Waals surface area contributed by atoms with Gasteiger partial charge < -0.3 is 15.2 Å². The summed E-state index contributed by atoms with van der Waals surface area (Å²) in [6.45, 7) is 2.30. The predicted octanol–water partition coefficient (Wildman–Crippen LogP) is 1.97. The number of piperidine rings is 1. The molecule has 2 N–H and O–H groups in total. The molecule has 0 aliphatic carbocycles. The van der Waals surface area contributed by atoms with Gasteiger partial charge in [-0.25, -0.2) is 8.42 Å². The maximum absolute atomic E-state index is 13.0. The first-order valence-electron chi connectivity index (χ1n) is 7.00. The van der Waals surface area contributed by atoms with Gasteiger partial charge in [0.1, 0.15) is 4.90 Å². The molecule has 1 heterocycles. The minimum Gasteiger partial charge on any atom is -0.493 e. The molecule has 0 amide bonds. The van der Waals surface area contributed by atoms with Crippen molar-refractivity contribution in [1.29, 1.82) is 0 Å². The molecule has 1 aromatic carbocycles. The Kier molecular flexibility index (Phi) is 5.37. The third kappa shape index (κ3) is 3.24. The van der Waals surface area contributed by atoms with Crippen molar-refractivity contribution in [2.24, 2.45) is 5.73 Å². The summed E-state index contributed by atoms with van der Waals surface area (Å²) in [5.41, 5.74) is 5.92. The number of hydrogen-bond acceptors (Lipinski definition) is 5. The molecule has 1 aliphatic rings. The van der Waals surface area contributed by atoms with Gasteiger partial charge >= 0.3 is 0 Å². The topological polar surface area (TPSA) is 81.9 Å². The van der Waals surface area contributed by atoms with Crippen LogP contribution in [0.3, 0.4) is 0 Å². The van der Waals surface area contributed by atoms with Gasteiger partial charge in [-0.05, 0) is 41.8 Å². The predicted molar refractivity (Wildman–Crippen MR) is 87.8 cm³/mol. The normalized spacial score (nSPS) is 23.3. The summed E-state index contributed by atoms with van der Waals surface area (Å²) in [5, 5.41) is 0. The number of rotatable bonds is 4. The molecule has 2 atom stereocenters. The SMILES string of the molecule is COc1cc(Br)c(S(=O)(=O)N2CC[C@H](N)C[C@H]2C)cc1OC. The molecule has 22 heavy (non-hydrogen) atoms. The van der Waals surface area contributed by atoms with Gasteiger partial charge in [0.05, 0.1) is 14.2 Å². The largest absolute Gasteiger partial charge is 0.493 e. The summed E-state index contributed by atoms with van der Waals surface area (Å²) in [7, 11) is -0.644. The van der Waals surface area contributed by atoms with Crippen LogP contribution in [0.4, 0.5) is 0 Å². The first kappa shape index (κ1) is 17.5. The minimum atomic E-state index is -3.63. The Labute approximate surface area is 139 Å². The number of nitrogens with two attached hydrogens (primary N) is 1. The number of methoxy groups -OCH3 is 2. The molecule has 0 saturated carbocycles. The molecule has 0 unspecified atom stereocenters. The van der Waals surface area contributed by atoms with Gasteiger partial charge in [0.15, 0.2) is 11.5 Å². The Bertz CT molecular complexity index is 650. The quantitative estimate of drug-likeness (QED) is 0.846. The standard InChI is InChI=1S/C14H21BrN2O4S/c1-9-6-10(16)4-5-17(9)22(18,19)14-8-13(21-3)12(20-2)7-11(14)15/h7-10H,4-6,16H2,1-3H3/t9-,10+/m1/s1. The maximum Gasteiger partial charge on any atom is 0.244 e. The molecule has 1 saturated heterocycles. The third-order valence-corrected chi connectivity index (χ3v) is 6.85. The number of ether oxygens (including phenoxy) is 2. The van der Waals surface area contributed by atoms with Crippen LogP contribution in [0.5, 0.6) is 11.5 Å². The van der Waals surface area contributed by atoms with Crippen molar-refractivity contribution in [3.05, 3.63) is 16.6 Å². The second kappa shape index (κ2) is 6.74. The highest BCUT2D eigenvalue weighted by molar-refractivity contribution is 9.10. The van der Waals surface area contributed by atoms with Crippen molar-refractivity contribution < 1.29 is 17.9 Å². The lowest BCUT2D eigenvalue weighted by atomic mass is 10.0. The summed E-state index contributed by atoms with van der Waals surface area (Å²) < 4.78 is 38.3. The first-order valence-corrected chi connectivity index (χ1v) is 9.23. The molecule has 124 valence electrons. The highest BCUT2D eigenvalue weighted by Gasteiger charge is 2.35. The highest BCUT2D eigenvalue weighted by atomic mass is 79.9. The fraction of sp³-hybridized carbons (Fsp3) is 0.571. The van der Waals surface area contributed by atoms with Crippen LogP contribution in [0.25, 0.3) is 0 Å². The van der Waals surface area contributed by atoms with Crippen molar-refractivity contribution in [3.8, 4) is 11.5 Å². The van der Waals surface area contributed by atoms with Crippen LogP contribution < -0.4 is 15.2 Å². The summed E-state index contributed by atoms with van der Waals surface area (Å²) in [6, 6.07) is 3.01. The number of halogens is 1. The number of nitrogens with zero attached hydrogens (tertiary/aromatic N) is 1. The van der Waals surface area contributed by atoms with Crippen LogP contribution >= 0.6 is 15.9 Å². The lowest BCUT2D eigenvalue weighted by Gasteiger charge is -2.35. The summed E-state index contributed by atoms with van der Waals surface area (Å²) >= 11 is 3.32. The van der Waals surface area contributed by atoms with Crippen molar-refractivity contribution >= 4 is 26.0 Å². The van der Waals surface area contributed by atoms with Crippen molar-refractivity contribution in [2.45, 2.75) is 36.7 Å². The van der Waals surface area contributed by atoms with Crippen LogP contribution in [-0.4, -0.2) is 45.6 Å². The molecule has 0 bridgehead atoms. The molecular formula is C14H21BrN2O4S. The van der Waals surface area contributed by atoms with Gasteiger partial charge in [-0.2, -0.15) is 4.31 Å². The maximum atomic E-state index is 13.0. The van der Waals surface area contributed by atoms with E-state index in [4.69, 9.17) is 15.2 Å². The molecule has 1 fully saturated rings. The van der Waals surface area contributed by atoms with E-state index in [9.17, 15) is 8.42 Å². The fourth-order valence-electron chi connectivity index (χ4n) is 2.70. The number of sulfonamides is 1. The second-order valence-electron chi connectivity index (χ2n) is 5.39. The Hall–Kier alpha value is -0.830. The third-order valence-electron chi connectivity index (χ3n) is 3.88. The van der Waals surface area contributed by atoms with E-state index in [-0.39, 0.29) is 17.0 Å². The molecule has 6 nitrogen and oxygen atoms in total. The smallest absolute Gasteiger partial charge is 0.244 e. The van der Waals surface area contributed by atoms with E-state index in [1.807, 2.05) is 6.92 Å². The average Bonchev–Trinajstić information content (AvgIpc) is 2.46. The van der Waals surface area contributed by atoms with Crippen LogP contribution in [0.15, 0.2) is 21.5 Å². The highest BCUT2D eigenvalue weighted by Crippen LogP contribution is 2.37. The Morgan fingerprint density at radius 2 is 1.86 bits per heavy atom. The second-order valence-corrected chi connectivity index (χ2v) is 8.10. The van der Waals surface area contributed by atoms with E-state index in [1.54, 1.807) is 6.07 Å². The van der Waals surface area contributed by atoms with Crippen LogP contribution in [0, 0.1) is 0 Å². The Morgan fingerprint density at radius 3 is 2.41 bits per heavy atom. The van der Waals surface area contributed by atoms with Gasteiger partial charge in [-0.1, -0.05) is 0 Å². The first-order chi connectivity index (χ1) is 10.3. The van der Waals surface area contributed by atoms with E-state index in [0.29, 0.717) is 35.4 Å². The van der Waals surface area contributed by atoms with Crippen molar-refractivity contribution in [3.63, 3.8) is 0 Å². The minimum absolute atomic E-state index is 0.0512. The summed E-state index contributed by atoms with van der Waals surface area (Å²) in [5.74, 6) is 0.854. The molecular weight excluding hydrogens is 372 g/mol. The van der Waals surface area contributed by atoms with Gasteiger partial charge in [0.2, 0.25) is 10.0 Å². The van der Waals surface area contributed by atoms with Gasteiger partial charge in [-0.15, -0.1) is 0 Å². The van der Waals surface area contributed by atoms with Crippen LogP contribution in [0.2, 0.25) is 0 Å². The van der Waals surface area contributed by atoms with Gasteiger partial charge in [-0.3, -0.25) is 0 Å². The monoisotopic (exact) mass is 392 g/mol. The Balaban J connectivity index is 2.45. The van der Waals surface area contributed by atoms with Gasteiger partial charge in [0, 0.05) is 29.2 Å². The number of benzene rings is 1. The van der Waals surface area contributed by atoms with Gasteiger partial charge in [0.25, 0.3) is 0 Å². The lowest BCUT2D eigenvalue weighted by Crippen LogP contribution is -2.48. The van der Waals surface area contributed by atoms with E-state index >= 15 is 0 Å². The molecule has 1 aliphatic heterocycles. The molecule has 1 aromatic rings. The molecule has 0 spiro atoms. The van der Waals surface area contributed by atoms with E-state index in [2.05, 4.69) is 15.9 Å². The lowest BCUT2D eigenvalue weighted by molar-refractivity contribution is 0.247. The molecule has 0 radical (unpaired) electrons. The van der Waals surface area contributed by atoms with Crippen LogP contribution in [-0.2, 0) is 10.0 Å². The van der Waals surface area contributed by atoms with E-state index in [1.165, 1.54) is 24.6 Å². The molecule has 2 rings (SSSR count). The number of hydrogen-bond donors (Lipinski definition) is 1. The zero-order chi connectivity index (χ0) is 16.5. The summed E-state index contributed by atoms with van der Waals surface area (Å²) in [4.78, 5) is 0.174. The van der Waals surface area contributed by atoms with Crippen molar-refractivity contribution in [2.75, 3.05) is 20.8 Å². The van der Waals surface area contributed by atoms with E-state index < -0.39 is 10.0 Å². The van der Waals surface area contributed by atoms with Crippen molar-refractivity contribution in [1.82, 2.24) is 4.31 Å². The molecule has 8 heteroatoms. The fourth-order valence-corrected chi connectivity index (χ4v) is 5.36. The van der Waals surface area contributed by atoms with E-state index in [0.717, 1.165) is 0 Å². The average molecular weight is 393 g/mol. The summed E-state index contributed by atoms with van der Waals surface area (Å²) in [6.07, 6.45) is 1.32. The zero-order valence-corrected chi connectivity index (χ0v) is 15.3. The zero-order valence-electron chi connectivity index (χ0n) is 12.9. The Morgan fingerprint density at radius 1 is 1.27 bits per heavy atom. The molecule has 0 aromatic heterocycles.